The fraction of sp³-hybridized carbons (Fsp3) is 0.118. The molecule has 1 aromatic carbocycles. The maximum atomic E-state index is 13.2. The molecule has 0 spiro atoms. The van der Waals surface area contributed by atoms with Crippen molar-refractivity contribution < 1.29 is 13.8 Å². The number of carbonyl (C=O) groups excluding carboxylic acids is 1. The largest absolute Gasteiger partial charge is 0.314 e. The first-order valence-electron chi connectivity index (χ1n) is 6.97. The summed E-state index contributed by atoms with van der Waals surface area (Å²) in [6, 6.07) is 12.8. The van der Waals surface area contributed by atoms with Crippen LogP contribution in [-0.4, -0.2) is 5.91 Å². The topological polar surface area (TPSA) is 56.8 Å². The average molecular weight is 326 g/mol. The number of nitrogens with zero attached hydrogens (tertiary/aromatic N) is 2. The molecule has 2 heterocycles. The third-order valence-electron chi connectivity index (χ3n) is 3.80. The molecule has 1 aromatic heterocycles. The number of nitriles is 1. The average Bonchev–Trinajstić information content (AvgIpc) is 2.56. The van der Waals surface area contributed by atoms with Crippen molar-refractivity contribution in [1.29, 1.82) is 5.26 Å². The minimum atomic E-state index is -0.646. The van der Waals surface area contributed by atoms with Crippen LogP contribution < -0.4 is 9.88 Å². The van der Waals surface area contributed by atoms with Crippen molar-refractivity contribution in [3.8, 4) is 6.07 Å². The number of nitrogens with one attached hydrogen (secondary N) is 1. The summed E-state index contributed by atoms with van der Waals surface area (Å²) < 4.78 is 15.0. The molecule has 0 fully saturated rings. The van der Waals surface area contributed by atoms with E-state index in [2.05, 4.69) is 24.0 Å². The van der Waals surface area contributed by atoms with Gasteiger partial charge < -0.3 is 5.32 Å². The second kappa shape index (κ2) is 6.23. The number of rotatable bonds is 2. The van der Waals surface area contributed by atoms with Crippen LogP contribution in [0.2, 0.25) is 0 Å². The lowest BCUT2D eigenvalue weighted by atomic mass is 9.83. The quantitative estimate of drug-likeness (QED) is 0.657. The smallest absolute Gasteiger partial charge is 0.294 e. The normalized spacial score (nSPS) is 20.8. The van der Waals surface area contributed by atoms with Gasteiger partial charge in [-0.15, -0.1) is 12.6 Å². The molecule has 0 saturated heterocycles. The molecule has 2 atom stereocenters. The number of amides is 1. The highest BCUT2D eigenvalue weighted by Crippen LogP contribution is 2.37. The maximum absolute atomic E-state index is 13.2. The van der Waals surface area contributed by atoms with E-state index in [1.165, 1.54) is 12.1 Å². The Kier molecular flexibility index (Phi) is 4.13. The van der Waals surface area contributed by atoms with Crippen LogP contribution in [0, 0.1) is 17.1 Å². The van der Waals surface area contributed by atoms with Gasteiger partial charge in [0, 0.05) is 12.1 Å². The van der Waals surface area contributed by atoms with E-state index in [-0.39, 0.29) is 16.8 Å². The molecule has 0 aliphatic carbocycles. The van der Waals surface area contributed by atoms with Crippen LogP contribution >= 0.6 is 12.6 Å². The van der Waals surface area contributed by atoms with E-state index < -0.39 is 12.0 Å². The maximum Gasteiger partial charge on any atom is 0.294 e. The van der Waals surface area contributed by atoms with Crippen LogP contribution in [-0.2, 0) is 4.79 Å². The second-order valence-electron chi connectivity index (χ2n) is 5.16. The number of hydrogen-bond donors (Lipinski definition) is 2. The molecule has 1 amide bonds. The summed E-state index contributed by atoms with van der Waals surface area (Å²) in [5, 5.41) is 12.4. The fourth-order valence-corrected chi connectivity index (χ4v) is 3.06. The Morgan fingerprint density at radius 2 is 1.83 bits per heavy atom. The Balaban J connectivity index is 2.18. The van der Waals surface area contributed by atoms with Gasteiger partial charge >= 0.3 is 0 Å². The Labute approximate surface area is 138 Å². The van der Waals surface area contributed by atoms with Gasteiger partial charge in [0.25, 0.3) is 5.91 Å². The summed E-state index contributed by atoms with van der Waals surface area (Å²) in [7, 11) is 0. The summed E-state index contributed by atoms with van der Waals surface area (Å²) in [4.78, 5) is 12.5. The number of benzene rings is 1. The SMILES string of the molecule is N#CC1=C(S)NC(=O)[C@@H]([n+]2ccccc2)[C@@H]1c1ccc(F)cc1. The predicted octanol–water partition coefficient (Wildman–Crippen LogP) is 2.23. The number of carbonyl (C=O) groups is 1. The van der Waals surface area contributed by atoms with E-state index in [4.69, 9.17) is 0 Å². The molecule has 6 heteroatoms. The third kappa shape index (κ3) is 2.83. The lowest BCUT2D eigenvalue weighted by Crippen LogP contribution is -2.53. The van der Waals surface area contributed by atoms with E-state index in [1.807, 2.05) is 6.07 Å². The van der Waals surface area contributed by atoms with Crippen LogP contribution in [0.3, 0.4) is 0 Å². The van der Waals surface area contributed by atoms with Crippen LogP contribution in [0.4, 0.5) is 4.39 Å². The number of pyridine rings is 1. The van der Waals surface area contributed by atoms with Gasteiger partial charge in [0.05, 0.1) is 22.6 Å². The van der Waals surface area contributed by atoms with E-state index in [9.17, 15) is 14.4 Å². The van der Waals surface area contributed by atoms with Gasteiger partial charge in [0.2, 0.25) is 6.04 Å². The highest BCUT2D eigenvalue weighted by molar-refractivity contribution is 7.84. The van der Waals surface area contributed by atoms with Crippen molar-refractivity contribution >= 4 is 18.5 Å². The van der Waals surface area contributed by atoms with Crippen LogP contribution in [0.25, 0.3) is 0 Å². The van der Waals surface area contributed by atoms with E-state index >= 15 is 0 Å². The van der Waals surface area contributed by atoms with Gasteiger partial charge in [0.1, 0.15) is 5.82 Å². The molecule has 0 bridgehead atoms. The van der Waals surface area contributed by atoms with E-state index in [0.29, 0.717) is 11.1 Å². The van der Waals surface area contributed by atoms with Gasteiger partial charge in [-0.25, -0.2) is 4.39 Å². The van der Waals surface area contributed by atoms with Crippen molar-refractivity contribution in [2.45, 2.75) is 12.0 Å². The summed E-state index contributed by atoms with van der Waals surface area (Å²) in [5.74, 6) is -1.17. The zero-order valence-corrected chi connectivity index (χ0v) is 12.9. The molecule has 0 unspecified atom stereocenters. The first kappa shape index (κ1) is 15.3. The lowest BCUT2D eigenvalue weighted by Gasteiger charge is -2.27. The van der Waals surface area contributed by atoms with Gasteiger partial charge in [0.15, 0.2) is 12.4 Å². The summed E-state index contributed by atoms with van der Waals surface area (Å²) in [6.07, 6.45) is 3.53. The van der Waals surface area contributed by atoms with E-state index in [1.54, 1.807) is 41.2 Å². The Bertz CT molecular complexity index is 812. The van der Waals surface area contributed by atoms with Gasteiger partial charge in [-0.1, -0.05) is 18.2 Å². The van der Waals surface area contributed by atoms with Crippen molar-refractivity contribution in [3.05, 3.63) is 76.8 Å². The van der Waals surface area contributed by atoms with E-state index in [0.717, 1.165) is 0 Å². The predicted molar refractivity (Wildman–Crippen MR) is 84.6 cm³/mol. The molecule has 2 aromatic rings. The highest BCUT2D eigenvalue weighted by Gasteiger charge is 2.44. The molecule has 4 nitrogen and oxygen atoms in total. The number of thiol groups is 1. The zero-order chi connectivity index (χ0) is 16.4. The van der Waals surface area contributed by atoms with Crippen molar-refractivity contribution in [2.75, 3.05) is 0 Å². The van der Waals surface area contributed by atoms with Gasteiger partial charge in [-0.05, 0) is 17.7 Å². The Morgan fingerprint density at radius 3 is 2.43 bits per heavy atom. The Hall–Kier alpha value is -2.65. The molecular formula is C17H13FN3OS+. The molecule has 1 N–H and O–H groups in total. The molecule has 0 saturated carbocycles. The van der Waals surface area contributed by atoms with Gasteiger partial charge in [-0.3, -0.25) is 4.79 Å². The molecule has 3 rings (SSSR count). The highest BCUT2D eigenvalue weighted by atomic mass is 32.1. The summed E-state index contributed by atoms with van der Waals surface area (Å²) in [6.45, 7) is 0. The van der Waals surface area contributed by atoms with Gasteiger partial charge in [-0.2, -0.15) is 9.83 Å². The first-order chi connectivity index (χ1) is 11.1. The van der Waals surface area contributed by atoms with Crippen LogP contribution in [0.15, 0.2) is 65.5 Å². The second-order valence-corrected chi connectivity index (χ2v) is 5.61. The first-order valence-corrected chi connectivity index (χ1v) is 7.42. The third-order valence-corrected chi connectivity index (χ3v) is 4.15. The van der Waals surface area contributed by atoms with Crippen molar-refractivity contribution in [2.24, 2.45) is 0 Å². The fourth-order valence-electron chi connectivity index (χ4n) is 2.76. The minimum absolute atomic E-state index is 0.236. The molecule has 23 heavy (non-hydrogen) atoms. The molecule has 1 aliphatic rings. The number of hydrogen-bond acceptors (Lipinski definition) is 3. The molecule has 1 aliphatic heterocycles. The zero-order valence-electron chi connectivity index (χ0n) is 12.0. The van der Waals surface area contributed by atoms with Crippen LogP contribution in [0.5, 0.6) is 0 Å². The van der Waals surface area contributed by atoms with Crippen LogP contribution in [0.1, 0.15) is 17.5 Å². The monoisotopic (exact) mass is 326 g/mol. The molecule has 114 valence electrons. The lowest BCUT2D eigenvalue weighted by molar-refractivity contribution is -0.711. The standard InChI is InChI=1S/C17H12FN3OS/c18-12-6-4-11(5-7-12)14-13(10-19)17(23)20-16(22)15(14)21-8-2-1-3-9-21/h1-9,14-15H,(H-,20,22,23)/p+1/t14-,15+/m1/s1. The van der Waals surface area contributed by atoms with Crippen molar-refractivity contribution in [3.63, 3.8) is 0 Å². The minimum Gasteiger partial charge on any atom is -0.314 e. The Morgan fingerprint density at radius 1 is 1.17 bits per heavy atom. The molecular weight excluding hydrogens is 313 g/mol. The summed E-state index contributed by atoms with van der Waals surface area (Å²) in [5.41, 5.74) is 1.03. The number of aromatic nitrogens is 1. The number of allylic oxidation sites excluding steroid dienone is 1. The summed E-state index contributed by atoms with van der Waals surface area (Å²) >= 11 is 4.22. The number of halogens is 1. The molecule has 0 radical (unpaired) electrons. The van der Waals surface area contributed by atoms with Crippen molar-refractivity contribution in [1.82, 2.24) is 5.32 Å².